The van der Waals surface area contributed by atoms with Crippen LogP contribution in [-0.4, -0.2) is 43.5 Å². The summed E-state index contributed by atoms with van der Waals surface area (Å²) in [5.41, 5.74) is 0.676. The molecule has 1 saturated carbocycles. The molecule has 1 heterocycles. The molecule has 3 rings (SSSR count). The number of carbonyl (C=O) groups excluding carboxylic acids is 2. The predicted octanol–water partition coefficient (Wildman–Crippen LogP) is 0.364. The summed E-state index contributed by atoms with van der Waals surface area (Å²) in [4.78, 5) is 25.1. The minimum Gasteiger partial charge on any atom is -0.273 e. The Hall–Kier alpha value is -1.73. The Labute approximate surface area is 116 Å². The number of amides is 2. The zero-order valence-electron chi connectivity index (χ0n) is 10.7. The van der Waals surface area contributed by atoms with E-state index in [2.05, 4.69) is 4.72 Å². The molecule has 0 unspecified atom stereocenters. The first-order chi connectivity index (χ1) is 9.48. The van der Waals surface area contributed by atoms with Crippen molar-refractivity contribution < 1.29 is 18.0 Å². The molecule has 6 nitrogen and oxygen atoms in total. The summed E-state index contributed by atoms with van der Waals surface area (Å²) in [6.45, 7) is -0.117. The van der Waals surface area contributed by atoms with Crippen molar-refractivity contribution in [1.29, 1.82) is 0 Å². The molecule has 0 radical (unpaired) electrons. The number of sulfonamides is 1. The van der Waals surface area contributed by atoms with Crippen LogP contribution in [0.15, 0.2) is 24.3 Å². The predicted molar refractivity (Wildman–Crippen MR) is 71.8 cm³/mol. The Kier molecular flexibility index (Phi) is 3.10. The van der Waals surface area contributed by atoms with Crippen LogP contribution < -0.4 is 4.72 Å². The maximum absolute atomic E-state index is 12.0. The first-order valence-electron chi connectivity index (χ1n) is 6.43. The summed E-state index contributed by atoms with van der Waals surface area (Å²) in [5.74, 6) is -1.10. The summed E-state index contributed by atoms with van der Waals surface area (Å²) in [6, 6.07) is 6.54. The van der Waals surface area contributed by atoms with E-state index >= 15 is 0 Å². The summed E-state index contributed by atoms with van der Waals surface area (Å²) < 4.78 is 26.1. The fourth-order valence-electron chi connectivity index (χ4n) is 2.17. The van der Waals surface area contributed by atoms with Crippen LogP contribution in [0, 0.1) is 0 Å². The molecule has 0 saturated heterocycles. The van der Waals surface area contributed by atoms with Crippen molar-refractivity contribution >= 4 is 21.8 Å². The maximum atomic E-state index is 12.0. The molecule has 1 aliphatic heterocycles. The molecule has 1 aromatic rings. The third-order valence-corrected chi connectivity index (χ3v) is 4.80. The van der Waals surface area contributed by atoms with Crippen LogP contribution in [0.25, 0.3) is 0 Å². The number of benzene rings is 1. The van der Waals surface area contributed by atoms with Crippen LogP contribution >= 0.6 is 0 Å². The fourth-order valence-corrected chi connectivity index (χ4v) is 3.45. The molecule has 1 fully saturated rings. The highest BCUT2D eigenvalue weighted by atomic mass is 32.2. The van der Waals surface area contributed by atoms with Gasteiger partial charge in [-0.3, -0.25) is 14.5 Å². The number of imide groups is 1. The zero-order valence-corrected chi connectivity index (χ0v) is 11.5. The van der Waals surface area contributed by atoms with Gasteiger partial charge in [-0.2, -0.15) is 0 Å². The number of carbonyl (C=O) groups is 2. The van der Waals surface area contributed by atoms with Gasteiger partial charge < -0.3 is 0 Å². The van der Waals surface area contributed by atoms with E-state index in [1.165, 1.54) is 0 Å². The van der Waals surface area contributed by atoms with Gasteiger partial charge in [-0.25, -0.2) is 13.1 Å². The second-order valence-electron chi connectivity index (χ2n) is 5.02. The Morgan fingerprint density at radius 3 is 2.15 bits per heavy atom. The van der Waals surface area contributed by atoms with Crippen molar-refractivity contribution in [2.45, 2.75) is 18.9 Å². The first-order valence-corrected chi connectivity index (χ1v) is 8.08. The van der Waals surface area contributed by atoms with Crippen LogP contribution in [-0.2, 0) is 10.0 Å². The molecule has 20 heavy (non-hydrogen) atoms. The highest BCUT2D eigenvalue weighted by Gasteiger charge is 2.36. The van der Waals surface area contributed by atoms with E-state index in [1.54, 1.807) is 24.3 Å². The smallest absolute Gasteiger partial charge is 0.261 e. The van der Waals surface area contributed by atoms with Crippen molar-refractivity contribution in [3.05, 3.63) is 35.4 Å². The second kappa shape index (κ2) is 4.68. The standard InChI is InChI=1S/C13H14N2O4S/c16-12-10-3-1-2-4-11(10)13(17)15(12)7-8-20(18,19)14-9-5-6-9/h1-4,9,14H,5-8H2. The van der Waals surface area contributed by atoms with Crippen molar-refractivity contribution in [3.8, 4) is 0 Å². The minimum absolute atomic E-state index is 0.0298. The molecule has 0 aromatic heterocycles. The number of hydrogen-bond donors (Lipinski definition) is 1. The van der Waals surface area contributed by atoms with E-state index in [1.807, 2.05) is 0 Å². The Balaban J connectivity index is 1.70. The Bertz CT molecular complexity index is 644. The van der Waals surface area contributed by atoms with Gasteiger partial charge >= 0.3 is 0 Å². The number of fused-ring (bicyclic) bond motifs is 1. The van der Waals surface area contributed by atoms with E-state index in [9.17, 15) is 18.0 Å². The van der Waals surface area contributed by atoms with Gasteiger partial charge in [-0.05, 0) is 25.0 Å². The van der Waals surface area contributed by atoms with Gasteiger partial charge in [-0.15, -0.1) is 0 Å². The monoisotopic (exact) mass is 294 g/mol. The summed E-state index contributed by atoms with van der Waals surface area (Å²) in [7, 11) is -3.44. The van der Waals surface area contributed by atoms with Crippen molar-refractivity contribution in [1.82, 2.24) is 9.62 Å². The number of nitrogens with one attached hydrogen (secondary N) is 1. The molecule has 1 aliphatic carbocycles. The molecule has 1 N–H and O–H groups in total. The SMILES string of the molecule is O=C1c2ccccc2C(=O)N1CCS(=O)(=O)NC1CC1. The molecule has 7 heteroatoms. The van der Waals surface area contributed by atoms with Gasteiger partial charge in [0.15, 0.2) is 0 Å². The highest BCUT2D eigenvalue weighted by Crippen LogP contribution is 2.23. The quantitative estimate of drug-likeness (QED) is 0.795. The molecule has 2 aliphatic rings. The molecular weight excluding hydrogens is 280 g/mol. The third kappa shape index (κ3) is 2.46. The number of rotatable bonds is 5. The van der Waals surface area contributed by atoms with Crippen molar-refractivity contribution in [2.24, 2.45) is 0 Å². The largest absolute Gasteiger partial charge is 0.273 e. The van der Waals surface area contributed by atoms with Gasteiger partial charge in [0.2, 0.25) is 10.0 Å². The van der Waals surface area contributed by atoms with Gasteiger partial charge in [0.25, 0.3) is 11.8 Å². The van der Waals surface area contributed by atoms with E-state index in [0.29, 0.717) is 11.1 Å². The van der Waals surface area contributed by atoms with Crippen LogP contribution in [0.3, 0.4) is 0 Å². The number of hydrogen-bond acceptors (Lipinski definition) is 4. The lowest BCUT2D eigenvalue weighted by Gasteiger charge is -2.14. The number of nitrogens with zero attached hydrogens (tertiary/aromatic N) is 1. The normalized spacial score (nSPS) is 18.5. The lowest BCUT2D eigenvalue weighted by Crippen LogP contribution is -2.38. The van der Waals surface area contributed by atoms with Gasteiger partial charge in [0.1, 0.15) is 0 Å². The molecule has 0 atom stereocenters. The fraction of sp³-hybridized carbons (Fsp3) is 0.385. The van der Waals surface area contributed by atoms with E-state index in [-0.39, 0.29) is 18.3 Å². The molecular formula is C13H14N2O4S. The van der Waals surface area contributed by atoms with Gasteiger partial charge in [-0.1, -0.05) is 12.1 Å². The summed E-state index contributed by atoms with van der Waals surface area (Å²) >= 11 is 0. The summed E-state index contributed by atoms with van der Waals surface area (Å²) in [6.07, 6.45) is 1.71. The topological polar surface area (TPSA) is 83.6 Å². The molecule has 106 valence electrons. The lowest BCUT2D eigenvalue weighted by atomic mass is 10.1. The molecule has 1 aromatic carbocycles. The van der Waals surface area contributed by atoms with E-state index < -0.39 is 21.8 Å². The van der Waals surface area contributed by atoms with E-state index in [4.69, 9.17) is 0 Å². The van der Waals surface area contributed by atoms with Crippen molar-refractivity contribution in [2.75, 3.05) is 12.3 Å². The summed E-state index contributed by atoms with van der Waals surface area (Å²) in [5, 5.41) is 0. The first kappa shape index (κ1) is 13.3. The second-order valence-corrected chi connectivity index (χ2v) is 6.89. The van der Waals surface area contributed by atoms with Crippen LogP contribution in [0.2, 0.25) is 0 Å². The van der Waals surface area contributed by atoms with Crippen LogP contribution in [0.4, 0.5) is 0 Å². The maximum Gasteiger partial charge on any atom is 0.261 e. The Morgan fingerprint density at radius 2 is 1.65 bits per heavy atom. The average molecular weight is 294 g/mol. The third-order valence-electron chi connectivity index (χ3n) is 3.39. The van der Waals surface area contributed by atoms with Crippen molar-refractivity contribution in [3.63, 3.8) is 0 Å². The molecule has 2 amide bonds. The molecule has 0 bridgehead atoms. The van der Waals surface area contributed by atoms with Gasteiger partial charge in [0, 0.05) is 12.6 Å². The molecule has 0 spiro atoms. The average Bonchev–Trinajstić information content (AvgIpc) is 3.17. The van der Waals surface area contributed by atoms with Crippen LogP contribution in [0.1, 0.15) is 33.6 Å². The van der Waals surface area contributed by atoms with Crippen LogP contribution in [0.5, 0.6) is 0 Å². The van der Waals surface area contributed by atoms with Gasteiger partial charge in [0.05, 0.1) is 16.9 Å². The highest BCUT2D eigenvalue weighted by molar-refractivity contribution is 7.89. The zero-order chi connectivity index (χ0) is 14.3. The lowest BCUT2D eigenvalue weighted by molar-refractivity contribution is 0.0664. The van der Waals surface area contributed by atoms with E-state index in [0.717, 1.165) is 17.7 Å². The minimum atomic E-state index is -3.44. The Morgan fingerprint density at radius 1 is 1.10 bits per heavy atom.